The molecule has 14 heavy (non-hydrogen) atoms. The maximum absolute atomic E-state index is 11.2. The number of hydrogen-bond acceptors (Lipinski definition) is 3. The molecule has 1 fully saturated rings. The number of primary amides is 1. The predicted molar refractivity (Wildman–Crippen MR) is 51.3 cm³/mol. The van der Waals surface area contributed by atoms with Crippen molar-refractivity contribution >= 4 is 5.91 Å². The van der Waals surface area contributed by atoms with Gasteiger partial charge in [-0.15, -0.1) is 0 Å². The first-order valence-corrected chi connectivity index (χ1v) is 4.70. The van der Waals surface area contributed by atoms with E-state index in [4.69, 9.17) is 5.73 Å². The third-order valence-corrected chi connectivity index (χ3v) is 2.32. The van der Waals surface area contributed by atoms with E-state index in [1.54, 1.807) is 10.9 Å². The predicted octanol–water partition coefficient (Wildman–Crippen LogP) is -0.302. The lowest BCUT2D eigenvalue weighted by atomic mass is 10.1. The van der Waals surface area contributed by atoms with Crippen molar-refractivity contribution in [3.8, 4) is 0 Å². The number of nitrogens with zero attached hydrogens (tertiary/aromatic N) is 2. The topological polar surface area (TPSA) is 72.9 Å². The number of carbonyl (C=O) groups is 1. The summed E-state index contributed by atoms with van der Waals surface area (Å²) in [5.41, 5.74) is 6.16. The normalized spacial score (nSPS) is 18.1. The van der Waals surface area contributed by atoms with Crippen molar-refractivity contribution in [1.82, 2.24) is 15.1 Å². The second-order valence-electron chi connectivity index (χ2n) is 3.72. The number of nitrogens with two attached hydrogens (primary N) is 1. The maximum atomic E-state index is 11.2. The number of aromatic nitrogens is 2. The first kappa shape index (κ1) is 9.21. The highest BCUT2D eigenvalue weighted by atomic mass is 16.1. The van der Waals surface area contributed by atoms with Gasteiger partial charge in [-0.2, -0.15) is 5.10 Å². The Kier molecular flexibility index (Phi) is 2.25. The fourth-order valence-corrected chi connectivity index (χ4v) is 1.42. The summed E-state index contributed by atoms with van der Waals surface area (Å²) in [6, 6.07) is 0.0592. The highest BCUT2D eigenvalue weighted by molar-refractivity contribution is 5.81. The van der Waals surface area contributed by atoms with Gasteiger partial charge in [0, 0.05) is 24.8 Å². The summed E-state index contributed by atoms with van der Waals surface area (Å²) >= 11 is 0. The van der Waals surface area contributed by atoms with Crippen LogP contribution in [0.3, 0.4) is 0 Å². The minimum Gasteiger partial charge on any atom is -0.368 e. The lowest BCUT2D eigenvalue weighted by Gasteiger charge is -2.12. The van der Waals surface area contributed by atoms with Crippen LogP contribution in [-0.4, -0.2) is 21.7 Å². The number of aryl methyl sites for hydroxylation is 1. The van der Waals surface area contributed by atoms with Gasteiger partial charge in [-0.3, -0.25) is 14.8 Å². The molecule has 1 amide bonds. The second kappa shape index (κ2) is 3.42. The fourth-order valence-electron chi connectivity index (χ4n) is 1.42. The lowest BCUT2D eigenvalue weighted by Crippen LogP contribution is -2.34. The van der Waals surface area contributed by atoms with Crippen LogP contribution in [0.2, 0.25) is 0 Å². The van der Waals surface area contributed by atoms with Crippen LogP contribution in [0, 0.1) is 0 Å². The molecule has 1 aliphatic rings. The molecule has 76 valence electrons. The molecule has 1 unspecified atom stereocenters. The lowest BCUT2D eigenvalue weighted by molar-refractivity contribution is -0.120. The van der Waals surface area contributed by atoms with Gasteiger partial charge in [0.2, 0.25) is 5.91 Å². The summed E-state index contributed by atoms with van der Waals surface area (Å²) in [6.45, 7) is 0. The van der Waals surface area contributed by atoms with Crippen molar-refractivity contribution in [3.05, 3.63) is 18.0 Å². The molecule has 1 saturated carbocycles. The van der Waals surface area contributed by atoms with Gasteiger partial charge in [-0.05, 0) is 12.8 Å². The van der Waals surface area contributed by atoms with Crippen molar-refractivity contribution in [2.24, 2.45) is 12.8 Å². The molecular formula is C9H14N4O. The first-order valence-electron chi connectivity index (χ1n) is 4.70. The van der Waals surface area contributed by atoms with Gasteiger partial charge in [0.05, 0.1) is 6.20 Å². The molecular weight excluding hydrogens is 180 g/mol. The minimum atomic E-state index is -0.392. The van der Waals surface area contributed by atoms with Crippen LogP contribution >= 0.6 is 0 Å². The average Bonchev–Trinajstić information content (AvgIpc) is 2.84. The van der Waals surface area contributed by atoms with E-state index < -0.39 is 6.04 Å². The summed E-state index contributed by atoms with van der Waals surface area (Å²) in [5, 5.41) is 7.21. The van der Waals surface area contributed by atoms with Crippen LogP contribution in [0.1, 0.15) is 24.4 Å². The fraction of sp³-hybridized carbons (Fsp3) is 0.556. The quantitative estimate of drug-likeness (QED) is 0.691. The molecule has 3 N–H and O–H groups in total. The van der Waals surface area contributed by atoms with E-state index in [2.05, 4.69) is 10.4 Å². The largest absolute Gasteiger partial charge is 0.368 e. The summed E-state index contributed by atoms with van der Waals surface area (Å²) < 4.78 is 1.67. The molecule has 0 bridgehead atoms. The molecule has 0 aromatic carbocycles. The molecule has 1 heterocycles. The van der Waals surface area contributed by atoms with Gasteiger partial charge in [-0.1, -0.05) is 0 Å². The molecule has 5 heteroatoms. The number of rotatable bonds is 4. The number of carbonyl (C=O) groups excluding carboxylic acids is 1. The smallest absolute Gasteiger partial charge is 0.239 e. The Labute approximate surface area is 82.3 Å². The van der Waals surface area contributed by atoms with Crippen molar-refractivity contribution in [2.45, 2.75) is 24.9 Å². The van der Waals surface area contributed by atoms with Crippen LogP contribution in [-0.2, 0) is 11.8 Å². The Bertz CT molecular complexity index is 342. The number of hydrogen-bond donors (Lipinski definition) is 2. The van der Waals surface area contributed by atoms with Gasteiger partial charge in [-0.25, -0.2) is 0 Å². The van der Waals surface area contributed by atoms with E-state index >= 15 is 0 Å². The molecule has 2 rings (SSSR count). The summed E-state index contributed by atoms with van der Waals surface area (Å²) in [5.74, 6) is -0.343. The molecule has 1 aliphatic carbocycles. The maximum Gasteiger partial charge on any atom is 0.239 e. The van der Waals surface area contributed by atoms with Crippen LogP contribution in [0.15, 0.2) is 12.4 Å². The molecule has 1 aromatic heterocycles. The van der Waals surface area contributed by atoms with Crippen LogP contribution in [0.5, 0.6) is 0 Å². The van der Waals surface area contributed by atoms with Crippen molar-refractivity contribution in [1.29, 1.82) is 0 Å². The number of nitrogens with one attached hydrogen (secondary N) is 1. The zero-order valence-electron chi connectivity index (χ0n) is 8.10. The molecule has 0 radical (unpaired) electrons. The molecule has 5 nitrogen and oxygen atoms in total. The Morgan fingerprint density at radius 2 is 2.50 bits per heavy atom. The summed E-state index contributed by atoms with van der Waals surface area (Å²) in [6.07, 6.45) is 5.74. The molecule has 1 atom stereocenters. The van der Waals surface area contributed by atoms with E-state index in [0.29, 0.717) is 6.04 Å². The zero-order valence-corrected chi connectivity index (χ0v) is 8.10. The van der Waals surface area contributed by atoms with Crippen LogP contribution in [0.25, 0.3) is 0 Å². The van der Waals surface area contributed by atoms with E-state index in [1.165, 1.54) is 0 Å². The monoisotopic (exact) mass is 194 g/mol. The third-order valence-electron chi connectivity index (χ3n) is 2.32. The van der Waals surface area contributed by atoms with Gasteiger partial charge in [0.25, 0.3) is 0 Å². The van der Waals surface area contributed by atoms with E-state index in [-0.39, 0.29) is 5.91 Å². The van der Waals surface area contributed by atoms with E-state index in [1.807, 2.05) is 13.2 Å². The second-order valence-corrected chi connectivity index (χ2v) is 3.72. The van der Waals surface area contributed by atoms with Crippen LogP contribution in [0.4, 0.5) is 0 Å². The molecule has 0 aliphatic heterocycles. The Morgan fingerprint density at radius 1 is 1.79 bits per heavy atom. The minimum absolute atomic E-state index is 0.343. The van der Waals surface area contributed by atoms with Gasteiger partial charge in [0.15, 0.2) is 0 Å². The molecule has 0 spiro atoms. The van der Waals surface area contributed by atoms with Gasteiger partial charge in [0.1, 0.15) is 6.04 Å². The van der Waals surface area contributed by atoms with Gasteiger partial charge >= 0.3 is 0 Å². The Balaban J connectivity index is 2.12. The Morgan fingerprint density at radius 3 is 2.93 bits per heavy atom. The number of amides is 1. The molecule has 1 aromatic rings. The summed E-state index contributed by atoms with van der Waals surface area (Å²) in [4.78, 5) is 11.2. The standard InChI is InChI=1S/C9H14N4O/c1-13-5-6(4-11-13)8(9(10)14)12-7-2-3-7/h4-5,7-8,12H,2-3H2,1H3,(H2,10,14). The van der Waals surface area contributed by atoms with Crippen molar-refractivity contribution < 1.29 is 4.79 Å². The SMILES string of the molecule is Cn1cc(C(NC2CC2)C(N)=O)cn1. The third kappa shape index (κ3) is 1.93. The summed E-state index contributed by atoms with van der Waals surface area (Å²) in [7, 11) is 1.82. The molecule has 0 saturated heterocycles. The zero-order chi connectivity index (χ0) is 10.1. The van der Waals surface area contributed by atoms with E-state index in [9.17, 15) is 4.79 Å². The average molecular weight is 194 g/mol. The van der Waals surface area contributed by atoms with Crippen LogP contribution < -0.4 is 11.1 Å². The van der Waals surface area contributed by atoms with E-state index in [0.717, 1.165) is 18.4 Å². The first-order chi connectivity index (χ1) is 6.66. The van der Waals surface area contributed by atoms with Crippen molar-refractivity contribution in [2.75, 3.05) is 0 Å². The highest BCUT2D eigenvalue weighted by Crippen LogP contribution is 2.23. The van der Waals surface area contributed by atoms with Crippen molar-refractivity contribution in [3.63, 3.8) is 0 Å². The van der Waals surface area contributed by atoms with Gasteiger partial charge < -0.3 is 5.73 Å². The highest BCUT2D eigenvalue weighted by Gasteiger charge is 2.28. The Hall–Kier alpha value is -1.36.